The van der Waals surface area contributed by atoms with Crippen LogP contribution in [0.2, 0.25) is 5.02 Å². The van der Waals surface area contributed by atoms with Gasteiger partial charge in [0, 0.05) is 38.4 Å². The topological polar surface area (TPSA) is 57.6 Å². The highest BCUT2D eigenvalue weighted by molar-refractivity contribution is 6.30. The largest absolute Gasteiger partial charge is 0.345 e. The number of carbonyl (C=O) groups excluding carboxylic acids is 2. The van der Waals surface area contributed by atoms with Gasteiger partial charge in [0.15, 0.2) is 0 Å². The van der Waals surface area contributed by atoms with E-state index in [-0.39, 0.29) is 11.8 Å². The molecule has 130 valence electrons. The molecule has 1 aromatic heterocycles. The van der Waals surface area contributed by atoms with E-state index in [9.17, 15) is 9.59 Å². The van der Waals surface area contributed by atoms with E-state index >= 15 is 0 Å². The van der Waals surface area contributed by atoms with Crippen molar-refractivity contribution in [1.29, 1.82) is 0 Å². The first kappa shape index (κ1) is 16.2. The highest BCUT2D eigenvalue weighted by Gasteiger charge is 2.49. The number of rotatable bonds is 2. The monoisotopic (exact) mass is 358 g/mol. The molecule has 2 aliphatic heterocycles. The van der Waals surface area contributed by atoms with E-state index in [1.54, 1.807) is 26.4 Å². The second-order valence-electron chi connectivity index (χ2n) is 6.69. The lowest BCUT2D eigenvalue weighted by Gasteiger charge is -2.43. The van der Waals surface area contributed by atoms with Crippen LogP contribution in [-0.2, 0) is 12.2 Å². The van der Waals surface area contributed by atoms with Crippen molar-refractivity contribution in [3.8, 4) is 0 Å². The molecule has 3 heterocycles. The molecule has 1 N–H and O–H groups in total. The van der Waals surface area contributed by atoms with Gasteiger partial charge in [-0.25, -0.2) is 0 Å². The van der Waals surface area contributed by atoms with Crippen LogP contribution < -0.4 is 5.32 Å². The second-order valence-corrected chi connectivity index (χ2v) is 7.13. The van der Waals surface area contributed by atoms with Gasteiger partial charge in [-0.05, 0) is 23.8 Å². The SMILES string of the molecule is CN(C)C(=O)c1cc2n(c1)CC1(c3ccc(Cl)cc3)NCCN1C2=O. The van der Waals surface area contributed by atoms with Gasteiger partial charge in [-0.1, -0.05) is 23.7 Å². The Kier molecular flexibility index (Phi) is 3.63. The van der Waals surface area contributed by atoms with Gasteiger partial charge in [0.1, 0.15) is 11.4 Å². The fourth-order valence-electron chi connectivity index (χ4n) is 3.73. The molecular formula is C18H19ClN4O2. The first-order valence-electron chi connectivity index (χ1n) is 8.17. The lowest BCUT2D eigenvalue weighted by molar-refractivity contribution is 0.0397. The van der Waals surface area contributed by atoms with Crippen LogP contribution in [0.5, 0.6) is 0 Å². The number of fused-ring (bicyclic) bond motifs is 2. The van der Waals surface area contributed by atoms with E-state index in [0.29, 0.717) is 29.4 Å². The van der Waals surface area contributed by atoms with Crippen molar-refractivity contribution < 1.29 is 9.59 Å². The fraction of sp³-hybridized carbons (Fsp3) is 0.333. The summed E-state index contributed by atoms with van der Waals surface area (Å²) in [7, 11) is 3.41. The van der Waals surface area contributed by atoms with Crippen LogP contribution in [0.25, 0.3) is 0 Å². The summed E-state index contributed by atoms with van der Waals surface area (Å²) in [4.78, 5) is 28.7. The molecule has 25 heavy (non-hydrogen) atoms. The molecule has 0 bridgehead atoms. The van der Waals surface area contributed by atoms with Gasteiger partial charge in [-0.2, -0.15) is 0 Å². The average molecular weight is 359 g/mol. The minimum Gasteiger partial charge on any atom is -0.345 e. The Bertz CT molecular complexity index is 858. The summed E-state index contributed by atoms with van der Waals surface area (Å²) in [6.07, 6.45) is 1.77. The third-order valence-electron chi connectivity index (χ3n) is 4.95. The molecule has 1 fully saturated rings. The molecule has 1 aromatic carbocycles. The molecule has 2 aromatic rings. The molecule has 0 saturated carbocycles. The highest BCUT2D eigenvalue weighted by Crippen LogP contribution is 2.37. The van der Waals surface area contributed by atoms with Crippen LogP contribution in [0, 0.1) is 0 Å². The number of amides is 2. The number of nitrogens with one attached hydrogen (secondary N) is 1. The Morgan fingerprint density at radius 1 is 1.28 bits per heavy atom. The quantitative estimate of drug-likeness (QED) is 0.890. The number of hydrogen-bond acceptors (Lipinski definition) is 3. The molecule has 1 saturated heterocycles. The minimum atomic E-state index is -0.605. The summed E-state index contributed by atoms with van der Waals surface area (Å²) < 4.78 is 1.88. The maximum atomic E-state index is 13.1. The van der Waals surface area contributed by atoms with E-state index < -0.39 is 5.66 Å². The summed E-state index contributed by atoms with van der Waals surface area (Å²) in [5.41, 5.74) is 1.47. The third kappa shape index (κ3) is 2.36. The van der Waals surface area contributed by atoms with E-state index in [4.69, 9.17) is 11.6 Å². The summed E-state index contributed by atoms with van der Waals surface area (Å²) >= 11 is 6.02. The summed E-state index contributed by atoms with van der Waals surface area (Å²) in [5, 5.41) is 4.15. The molecular weight excluding hydrogens is 340 g/mol. The Balaban J connectivity index is 1.80. The first-order valence-corrected chi connectivity index (χ1v) is 8.55. The van der Waals surface area contributed by atoms with E-state index in [1.807, 2.05) is 33.7 Å². The van der Waals surface area contributed by atoms with E-state index in [0.717, 1.165) is 12.1 Å². The number of hydrogen-bond donors (Lipinski definition) is 1. The molecule has 2 aliphatic rings. The molecule has 1 atom stereocenters. The van der Waals surface area contributed by atoms with Gasteiger partial charge in [0.2, 0.25) is 0 Å². The minimum absolute atomic E-state index is 0.0657. The molecule has 0 aliphatic carbocycles. The van der Waals surface area contributed by atoms with Crippen molar-refractivity contribution >= 4 is 23.4 Å². The van der Waals surface area contributed by atoms with Crippen molar-refractivity contribution in [3.63, 3.8) is 0 Å². The fourth-order valence-corrected chi connectivity index (χ4v) is 3.86. The lowest BCUT2D eigenvalue weighted by Crippen LogP contribution is -2.57. The molecule has 0 spiro atoms. The highest BCUT2D eigenvalue weighted by atomic mass is 35.5. The molecule has 2 amide bonds. The van der Waals surface area contributed by atoms with Crippen molar-refractivity contribution in [2.45, 2.75) is 12.2 Å². The number of carbonyl (C=O) groups is 2. The average Bonchev–Trinajstić information content (AvgIpc) is 3.20. The van der Waals surface area contributed by atoms with Crippen LogP contribution >= 0.6 is 11.6 Å². The molecule has 6 nitrogen and oxygen atoms in total. The Morgan fingerprint density at radius 3 is 2.68 bits per heavy atom. The van der Waals surface area contributed by atoms with Gasteiger partial charge in [0.05, 0.1) is 12.1 Å². The van der Waals surface area contributed by atoms with Gasteiger partial charge < -0.3 is 14.4 Å². The zero-order valence-electron chi connectivity index (χ0n) is 14.1. The number of aromatic nitrogens is 1. The maximum absolute atomic E-state index is 13.1. The van der Waals surface area contributed by atoms with Crippen molar-refractivity contribution in [2.24, 2.45) is 0 Å². The summed E-state index contributed by atoms with van der Waals surface area (Å²) in [5.74, 6) is -0.174. The first-order chi connectivity index (χ1) is 11.9. The van der Waals surface area contributed by atoms with Crippen molar-refractivity contribution in [1.82, 2.24) is 19.7 Å². The van der Waals surface area contributed by atoms with Crippen LogP contribution in [0.4, 0.5) is 0 Å². The zero-order valence-corrected chi connectivity index (χ0v) is 14.9. The molecule has 7 heteroatoms. The van der Waals surface area contributed by atoms with E-state index in [1.165, 1.54) is 4.90 Å². The summed E-state index contributed by atoms with van der Waals surface area (Å²) in [6, 6.07) is 9.25. The van der Waals surface area contributed by atoms with Crippen LogP contribution in [0.1, 0.15) is 26.4 Å². The zero-order chi connectivity index (χ0) is 17.8. The van der Waals surface area contributed by atoms with Gasteiger partial charge in [0.25, 0.3) is 11.8 Å². The molecule has 0 radical (unpaired) electrons. The van der Waals surface area contributed by atoms with Crippen molar-refractivity contribution in [2.75, 3.05) is 27.2 Å². The predicted octanol–water partition coefficient (Wildman–Crippen LogP) is 1.76. The van der Waals surface area contributed by atoms with Crippen LogP contribution in [-0.4, -0.2) is 53.4 Å². The standard InChI is InChI=1S/C18H19ClN4O2/c1-21(2)16(24)12-9-15-17(25)23-8-7-20-18(23,11-22(15)10-12)13-3-5-14(19)6-4-13/h3-6,9-10,20H,7-8,11H2,1-2H3. The lowest BCUT2D eigenvalue weighted by atomic mass is 9.96. The maximum Gasteiger partial charge on any atom is 0.272 e. The number of nitrogens with zero attached hydrogens (tertiary/aromatic N) is 3. The second kappa shape index (κ2) is 5.61. The summed E-state index contributed by atoms with van der Waals surface area (Å²) in [6.45, 7) is 1.91. The molecule has 1 unspecified atom stereocenters. The molecule has 4 rings (SSSR count). The Morgan fingerprint density at radius 2 is 2.00 bits per heavy atom. The third-order valence-corrected chi connectivity index (χ3v) is 5.20. The van der Waals surface area contributed by atoms with Crippen LogP contribution in [0.15, 0.2) is 36.5 Å². The van der Waals surface area contributed by atoms with Crippen molar-refractivity contribution in [3.05, 3.63) is 58.4 Å². The number of halogens is 1. The number of benzene rings is 1. The van der Waals surface area contributed by atoms with Crippen LogP contribution in [0.3, 0.4) is 0 Å². The van der Waals surface area contributed by atoms with Gasteiger partial charge in [-0.15, -0.1) is 0 Å². The Hall–Kier alpha value is -2.31. The van der Waals surface area contributed by atoms with E-state index in [2.05, 4.69) is 5.32 Å². The smallest absolute Gasteiger partial charge is 0.272 e. The predicted molar refractivity (Wildman–Crippen MR) is 94.6 cm³/mol. The normalized spacial score (nSPS) is 21.9. The van der Waals surface area contributed by atoms with Gasteiger partial charge in [-0.3, -0.25) is 14.9 Å². The van der Waals surface area contributed by atoms with Gasteiger partial charge >= 0.3 is 0 Å². The Labute approximate surface area is 151 Å².